The van der Waals surface area contributed by atoms with E-state index >= 15 is 0 Å². The van der Waals surface area contributed by atoms with Gasteiger partial charge in [0.1, 0.15) is 10.6 Å². The average molecular weight is 329 g/mol. The Hall–Kier alpha value is -1.67. The van der Waals surface area contributed by atoms with Gasteiger partial charge in [-0.1, -0.05) is 12.1 Å². The van der Waals surface area contributed by atoms with Crippen LogP contribution in [-0.2, 0) is 21.2 Å². The highest BCUT2D eigenvalue weighted by molar-refractivity contribution is 7.89. The first-order valence-electron chi connectivity index (χ1n) is 7.03. The predicted octanol–water partition coefficient (Wildman–Crippen LogP) is 1.05. The SMILES string of the molecule is O=C(O)C(F)C1CCN(S(=O)(=O)c2cccc3c2OCC3)C1. The number of alkyl halides is 1. The molecule has 2 atom stereocenters. The van der Waals surface area contributed by atoms with E-state index in [1.54, 1.807) is 6.07 Å². The fraction of sp³-hybridized carbons (Fsp3) is 0.500. The van der Waals surface area contributed by atoms with Crippen LogP contribution < -0.4 is 4.74 Å². The molecule has 2 heterocycles. The molecule has 1 aromatic rings. The van der Waals surface area contributed by atoms with Crippen LogP contribution in [-0.4, -0.2) is 49.7 Å². The number of halogens is 1. The monoisotopic (exact) mass is 329 g/mol. The molecule has 22 heavy (non-hydrogen) atoms. The molecular formula is C14H16FNO5S. The summed E-state index contributed by atoms with van der Waals surface area (Å²) in [6.45, 7) is 0.430. The quantitative estimate of drug-likeness (QED) is 0.893. The molecule has 0 saturated carbocycles. The zero-order valence-electron chi connectivity index (χ0n) is 11.7. The van der Waals surface area contributed by atoms with E-state index in [4.69, 9.17) is 9.84 Å². The summed E-state index contributed by atoms with van der Waals surface area (Å²) in [6, 6.07) is 4.94. The summed E-state index contributed by atoms with van der Waals surface area (Å²) in [6.07, 6.45) is -1.19. The van der Waals surface area contributed by atoms with Gasteiger partial charge in [-0.25, -0.2) is 17.6 Å². The zero-order valence-corrected chi connectivity index (χ0v) is 12.6. The number of benzene rings is 1. The molecule has 0 spiro atoms. The highest BCUT2D eigenvalue weighted by Gasteiger charge is 2.40. The normalized spacial score (nSPS) is 23.0. The van der Waals surface area contributed by atoms with Gasteiger partial charge < -0.3 is 9.84 Å². The van der Waals surface area contributed by atoms with Crippen LogP contribution in [0.2, 0.25) is 0 Å². The summed E-state index contributed by atoms with van der Waals surface area (Å²) < 4.78 is 45.5. The molecule has 3 rings (SSSR count). The second kappa shape index (κ2) is 5.51. The van der Waals surface area contributed by atoms with Gasteiger partial charge in [-0.2, -0.15) is 4.31 Å². The second-order valence-corrected chi connectivity index (χ2v) is 7.40. The topological polar surface area (TPSA) is 83.9 Å². The van der Waals surface area contributed by atoms with E-state index in [-0.39, 0.29) is 24.4 Å². The highest BCUT2D eigenvalue weighted by Crippen LogP contribution is 2.36. The molecule has 0 amide bonds. The summed E-state index contributed by atoms with van der Waals surface area (Å²) in [5, 5.41) is 8.71. The Bertz CT molecular complexity index is 705. The van der Waals surface area contributed by atoms with E-state index in [0.717, 1.165) is 9.87 Å². The summed E-state index contributed by atoms with van der Waals surface area (Å²) in [5.74, 6) is -2.00. The van der Waals surface area contributed by atoms with Crippen LogP contribution in [0.1, 0.15) is 12.0 Å². The second-order valence-electron chi connectivity index (χ2n) is 5.49. The van der Waals surface area contributed by atoms with Gasteiger partial charge in [0.15, 0.2) is 0 Å². The van der Waals surface area contributed by atoms with Crippen LogP contribution in [0.3, 0.4) is 0 Å². The fourth-order valence-electron chi connectivity index (χ4n) is 2.94. The molecule has 0 bridgehead atoms. The molecule has 2 unspecified atom stereocenters. The van der Waals surface area contributed by atoms with Gasteiger partial charge in [-0.15, -0.1) is 0 Å². The number of sulfonamides is 1. The molecule has 1 saturated heterocycles. The van der Waals surface area contributed by atoms with Gasteiger partial charge in [0, 0.05) is 25.4 Å². The molecule has 120 valence electrons. The van der Waals surface area contributed by atoms with Crippen molar-refractivity contribution >= 4 is 16.0 Å². The minimum absolute atomic E-state index is 0.0777. The number of fused-ring (bicyclic) bond motifs is 1. The van der Waals surface area contributed by atoms with Crippen molar-refractivity contribution in [2.24, 2.45) is 5.92 Å². The molecule has 0 radical (unpaired) electrons. The van der Waals surface area contributed by atoms with Gasteiger partial charge in [0.05, 0.1) is 6.61 Å². The van der Waals surface area contributed by atoms with E-state index in [1.165, 1.54) is 6.07 Å². The number of hydrogen-bond donors (Lipinski definition) is 1. The smallest absolute Gasteiger partial charge is 0.338 e. The highest BCUT2D eigenvalue weighted by atomic mass is 32.2. The maximum absolute atomic E-state index is 13.6. The molecule has 6 nitrogen and oxygen atoms in total. The Morgan fingerprint density at radius 2 is 2.23 bits per heavy atom. The van der Waals surface area contributed by atoms with Crippen LogP contribution in [0.5, 0.6) is 5.75 Å². The van der Waals surface area contributed by atoms with Crippen LogP contribution in [0.25, 0.3) is 0 Å². The van der Waals surface area contributed by atoms with E-state index in [9.17, 15) is 17.6 Å². The van der Waals surface area contributed by atoms with Crippen LogP contribution in [0.15, 0.2) is 23.1 Å². The van der Waals surface area contributed by atoms with Crippen molar-refractivity contribution in [1.82, 2.24) is 4.31 Å². The summed E-state index contributed by atoms with van der Waals surface area (Å²) in [7, 11) is -3.81. The lowest BCUT2D eigenvalue weighted by atomic mass is 10.0. The van der Waals surface area contributed by atoms with Crippen molar-refractivity contribution in [3.8, 4) is 5.75 Å². The minimum Gasteiger partial charge on any atom is -0.492 e. The van der Waals surface area contributed by atoms with E-state index in [1.807, 2.05) is 6.07 Å². The van der Waals surface area contributed by atoms with Gasteiger partial charge >= 0.3 is 5.97 Å². The molecule has 8 heteroatoms. The van der Waals surface area contributed by atoms with Crippen molar-refractivity contribution in [2.45, 2.75) is 23.9 Å². The lowest BCUT2D eigenvalue weighted by Crippen LogP contribution is -2.32. The Balaban J connectivity index is 1.86. The van der Waals surface area contributed by atoms with Crippen LogP contribution >= 0.6 is 0 Å². The maximum atomic E-state index is 13.6. The van der Waals surface area contributed by atoms with Gasteiger partial charge in [0.2, 0.25) is 16.2 Å². The number of carboxylic acid groups (broad SMARTS) is 1. The molecule has 1 fully saturated rings. The van der Waals surface area contributed by atoms with E-state index in [2.05, 4.69) is 0 Å². The number of hydrogen-bond acceptors (Lipinski definition) is 4. The Morgan fingerprint density at radius 3 is 2.95 bits per heavy atom. The minimum atomic E-state index is -3.81. The number of nitrogens with zero attached hydrogens (tertiary/aromatic N) is 1. The van der Waals surface area contributed by atoms with Crippen LogP contribution in [0, 0.1) is 5.92 Å². The number of para-hydroxylation sites is 1. The molecule has 2 aliphatic heterocycles. The lowest BCUT2D eigenvalue weighted by Gasteiger charge is -2.18. The summed E-state index contributed by atoms with van der Waals surface area (Å²) >= 11 is 0. The molecule has 0 aliphatic carbocycles. The first-order valence-corrected chi connectivity index (χ1v) is 8.47. The Labute approximate surface area is 127 Å². The summed E-state index contributed by atoms with van der Waals surface area (Å²) in [5.41, 5.74) is 0.839. The number of carbonyl (C=O) groups is 1. The van der Waals surface area contributed by atoms with E-state index < -0.39 is 28.1 Å². The van der Waals surface area contributed by atoms with Gasteiger partial charge in [0.25, 0.3) is 0 Å². The number of rotatable bonds is 4. The Kier molecular flexibility index (Phi) is 3.82. The predicted molar refractivity (Wildman–Crippen MR) is 75.0 cm³/mol. The zero-order chi connectivity index (χ0) is 15.9. The van der Waals surface area contributed by atoms with Crippen LogP contribution in [0.4, 0.5) is 4.39 Å². The maximum Gasteiger partial charge on any atom is 0.338 e. The standard InChI is InChI=1S/C14H16FNO5S/c15-12(14(17)18)10-4-6-16(8-10)22(19,20)11-3-1-2-9-5-7-21-13(9)11/h1-3,10,12H,4-8H2,(H,17,18). The third-order valence-electron chi connectivity index (χ3n) is 4.13. The first kappa shape index (κ1) is 15.2. The van der Waals surface area contributed by atoms with Gasteiger partial charge in [-0.3, -0.25) is 0 Å². The molecular weight excluding hydrogens is 313 g/mol. The fourth-order valence-corrected chi connectivity index (χ4v) is 4.63. The lowest BCUT2D eigenvalue weighted by molar-refractivity contribution is -0.144. The largest absolute Gasteiger partial charge is 0.492 e. The van der Waals surface area contributed by atoms with E-state index in [0.29, 0.717) is 18.8 Å². The number of ether oxygens (including phenoxy) is 1. The Morgan fingerprint density at radius 1 is 1.45 bits per heavy atom. The molecule has 1 N–H and O–H groups in total. The first-order chi connectivity index (χ1) is 10.4. The molecule has 2 aliphatic rings. The van der Waals surface area contributed by atoms with Crippen molar-refractivity contribution in [1.29, 1.82) is 0 Å². The number of aliphatic carboxylic acids is 1. The third kappa shape index (κ3) is 2.46. The van der Waals surface area contributed by atoms with Crippen molar-refractivity contribution in [3.05, 3.63) is 23.8 Å². The van der Waals surface area contributed by atoms with Crippen molar-refractivity contribution in [2.75, 3.05) is 19.7 Å². The van der Waals surface area contributed by atoms with Crippen molar-refractivity contribution in [3.63, 3.8) is 0 Å². The molecule has 0 aromatic heterocycles. The molecule has 1 aromatic carbocycles. The van der Waals surface area contributed by atoms with Gasteiger partial charge in [-0.05, 0) is 18.1 Å². The van der Waals surface area contributed by atoms with Crippen molar-refractivity contribution < 1.29 is 27.4 Å². The number of carboxylic acids is 1. The third-order valence-corrected chi connectivity index (χ3v) is 6.02. The average Bonchev–Trinajstić information content (AvgIpc) is 3.14. The summed E-state index contributed by atoms with van der Waals surface area (Å²) in [4.78, 5) is 10.8.